The highest BCUT2D eigenvalue weighted by Crippen LogP contribution is 2.40. The molecule has 1 N–H and O–H groups in total. The van der Waals surface area contributed by atoms with Gasteiger partial charge < -0.3 is 20.0 Å². The molecule has 8 nitrogen and oxygen atoms in total. The van der Waals surface area contributed by atoms with Gasteiger partial charge in [0.15, 0.2) is 0 Å². The molecule has 36 heavy (non-hydrogen) atoms. The Bertz CT molecular complexity index is 953. The summed E-state index contributed by atoms with van der Waals surface area (Å²) in [6, 6.07) is 5.49. The van der Waals surface area contributed by atoms with Crippen molar-refractivity contribution in [2.75, 3.05) is 62.2 Å². The number of carbonyl (C=O) groups excluding carboxylic acids is 3. The summed E-state index contributed by atoms with van der Waals surface area (Å²) in [5, 5.41) is 3.04. The maximum atomic E-state index is 13.6. The summed E-state index contributed by atoms with van der Waals surface area (Å²) in [5.41, 5.74) is 2.26. The molecular weight excluding hydrogens is 454 g/mol. The van der Waals surface area contributed by atoms with Gasteiger partial charge in [0.05, 0.1) is 11.4 Å². The van der Waals surface area contributed by atoms with Gasteiger partial charge in [0, 0.05) is 31.7 Å². The van der Waals surface area contributed by atoms with Gasteiger partial charge in [-0.1, -0.05) is 12.8 Å². The first kappa shape index (κ1) is 25.1. The summed E-state index contributed by atoms with van der Waals surface area (Å²) in [7, 11) is 0. The molecule has 0 aliphatic carbocycles. The molecule has 4 heterocycles. The Labute approximate surface area is 215 Å². The predicted molar refractivity (Wildman–Crippen MR) is 141 cm³/mol. The fourth-order valence-electron chi connectivity index (χ4n) is 6.25. The maximum Gasteiger partial charge on any atom is 0.253 e. The van der Waals surface area contributed by atoms with Gasteiger partial charge in [-0.3, -0.25) is 19.3 Å². The molecule has 1 aromatic carbocycles. The Morgan fingerprint density at radius 1 is 0.861 bits per heavy atom. The van der Waals surface area contributed by atoms with E-state index in [4.69, 9.17) is 0 Å². The third kappa shape index (κ3) is 5.53. The molecular formula is C28H41N5O3. The standard InChI is InChI=1S/C28H41N5O3/c34-26(29-13-9-16-30-14-4-1-2-5-15-30)21-33-25-20-22(27(35)31-17-7-8-18-31)11-12-23(25)32-19-6-3-10-24(32)28(33)36/h11-12,20,24H,1-10,13-19,21H2,(H,29,34). The minimum Gasteiger partial charge on any atom is -0.358 e. The van der Waals surface area contributed by atoms with E-state index in [1.54, 1.807) is 4.90 Å². The summed E-state index contributed by atoms with van der Waals surface area (Å²) < 4.78 is 0. The van der Waals surface area contributed by atoms with Gasteiger partial charge in [-0.2, -0.15) is 0 Å². The van der Waals surface area contributed by atoms with E-state index in [1.165, 1.54) is 25.7 Å². The van der Waals surface area contributed by atoms with Crippen molar-refractivity contribution in [3.63, 3.8) is 0 Å². The molecule has 8 heteroatoms. The van der Waals surface area contributed by atoms with Gasteiger partial charge in [0.25, 0.3) is 5.91 Å². The lowest BCUT2D eigenvalue weighted by Gasteiger charge is -2.45. The second-order valence-corrected chi connectivity index (χ2v) is 10.8. The Balaban J connectivity index is 1.26. The van der Waals surface area contributed by atoms with Crippen molar-refractivity contribution >= 4 is 29.1 Å². The summed E-state index contributed by atoms with van der Waals surface area (Å²) in [4.78, 5) is 47.8. The number of nitrogens with one attached hydrogen (secondary N) is 1. The maximum absolute atomic E-state index is 13.6. The van der Waals surface area contributed by atoms with Crippen LogP contribution in [0.25, 0.3) is 0 Å². The van der Waals surface area contributed by atoms with Crippen LogP contribution in [0.1, 0.15) is 74.6 Å². The lowest BCUT2D eigenvalue weighted by atomic mass is 9.95. The molecule has 0 spiro atoms. The Morgan fingerprint density at radius 3 is 2.36 bits per heavy atom. The molecule has 1 atom stereocenters. The van der Waals surface area contributed by atoms with E-state index in [2.05, 4.69) is 15.1 Å². The number of fused-ring (bicyclic) bond motifs is 3. The molecule has 0 radical (unpaired) electrons. The van der Waals surface area contributed by atoms with Crippen LogP contribution >= 0.6 is 0 Å². The highest BCUT2D eigenvalue weighted by atomic mass is 16.2. The monoisotopic (exact) mass is 495 g/mol. The number of nitrogens with zero attached hydrogens (tertiary/aromatic N) is 4. The molecule has 3 fully saturated rings. The molecule has 4 aliphatic heterocycles. The van der Waals surface area contributed by atoms with Gasteiger partial charge >= 0.3 is 0 Å². The van der Waals surface area contributed by atoms with E-state index in [1.807, 2.05) is 23.1 Å². The fourth-order valence-corrected chi connectivity index (χ4v) is 6.25. The number of piperidine rings is 1. The van der Waals surface area contributed by atoms with Crippen LogP contribution in [-0.2, 0) is 9.59 Å². The number of rotatable bonds is 7. The number of likely N-dealkylation sites (tertiary alicyclic amines) is 2. The van der Waals surface area contributed by atoms with E-state index in [0.717, 1.165) is 83.5 Å². The molecule has 4 aliphatic rings. The number of amides is 3. The molecule has 196 valence electrons. The molecule has 1 aromatic rings. The van der Waals surface area contributed by atoms with E-state index in [0.29, 0.717) is 17.8 Å². The van der Waals surface area contributed by atoms with Gasteiger partial charge in [-0.15, -0.1) is 0 Å². The van der Waals surface area contributed by atoms with Crippen molar-refractivity contribution in [3.8, 4) is 0 Å². The van der Waals surface area contributed by atoms with E-state index in [9.17, 15) is 14.4 Å². The minimum atomic E-state index is -0.220. The average molecular weight is 496 g/mol. The second kappa shape index (κ2) is 11.6. The second-order valence-electron chi connectivity index (χ2n) is 10.8. The minimum absolute atomic E-state index is 0.00124. The molecule has 0 aromatic heterocycles. The zero-order valence-corrected chi connectivity index (χ0v) is 21.6. The van der Waals surface area contributed by atoms with Crippen molar-refractivity contribution in [2.45, 2.75) is 70.3 Å². The summed E-state index contributed by atoms with van der Waals surface area (Å²) in [6.45, 7) is 6.34. The molecule has 3 saturated heterocycles. The first-order valence-corrected chi connectivity index (χ1v) is 14.1. The zero-order valence-electron chi connectivity index (χ0n) is 21.6. The highest BCUT2D eigenvalue weighted by Gasteiger charge is 2.40. The number of hydrogen-bond donors (Lipinski definition) is 1. The molecule has 1 unspecified atom stereocenters. The van der Waals surface area contributed by atoms with Crippen molar-refractivity contribution in [2.24, 2.45) is 0 Å². The third-order valence-electron chi connectivity index (χ3n) is 8.24. The average Bonchev–Trinajstić information content (AvgIpc) is 3.32. The largest absolute Gasteiger partial charge is 0.358 e. The Kier molecular flexibility index (Phi) is 8.09. The Hall–Kier alpha value is -2.61. The van der Waals surface area contributed by atoms with Crippen molar-refractivity contribution in [3.05, 3.63) is 23.8 Å². The van der Waals surface area contributed by atoms with E-state index in [-0.39, 0.29) is 30.3 Å². The topological polar surface area (TPSA) is 76.2 Å². The summed E-state index contributed by atoms with van der Waals surface area (Å²) in [6.07, 6.45) is 11.0. The van der Waals surface area contributed by atoms with Gasteiger partial charge in [0.2, 0.25) is 11.8 Å². The zero-order chi connectivity index (χ0) is 24.9. The quantitative estimate of drug-likeness (QED) is 0.589. The SMILES string of the molecule is O=C(CN1C(=O)C2CCCCN2c2ccc(C(=O)N3CCCC3)cc21)NCCCN1CCCCCC1. The normalized spacial score (nSPS) is 22.7. The van der Waals surface area contributed by atoms with Crippen LogP contribution in [0.3, 0.4) is 0 Å². The number of carbonyl (C=O) groups is 3. The van der Waals surface area contributed by atoms with E-state index < -0.39 is 0 Å². The molecule has 0 bridgehead atoms. The molecule has 0 saturated carbocycles. The molecule has 5 rings (SSSR count). The van der Waals surface area contributed by atoms with Crippen LogP contribution in [0.5, 0.6) is 0 Å². The summed E-state index contributed by atoms with van der Waals surface area (Å²) in [5.74, 6) is -0.139. The predicted octanol–water partition coefficient (Wildman–Crippen LogP) is 3.01. The molecule has 3 amide bonds. The van der Waals surface area contributed by atoms with Crippen molar-refractivity contribution in [1.29, 1.82) is 0 Å². The Morgan fingerprint density at radius 2 is 1.58 bits per heavy atom. The number of hydrogen-bond acceptors (Lipinski definition) is 5. The first-order valence-electron chi connectivity index (χ1n) is 14.1. The van der Waals surface area contributed by atoms with E-state index >= 15 is 0 Å². The van der Waals surface area contributed by atoms with Crippen LogP contribution in [0, 0.1) is 0 Å². The summed E-state index contributed by atoms with van der Waals surface area (Å²) >= 11 is 0. The third-order valence-corrected chi connectivity index (χ3v) is 8.24. The van der Waals surface area contributed by atoms with Crippen molar-refractivity contribution in [1.82, 2.24) is 15.1 Å². The van der Waals surface area contributed by atoms with Gasteiger partial charge in [-0.05, 0) is 89.2 Å². The van der Waals surface area contributed by atoms with Crippen molar-refractivity contribution < 1.29 is 14.4 Å². The lowest BCUT2D eigenvalue weighted by Crippen LogP contribution is -2.57. The first-order chi connectivity index (χ1) is 17.6. The van der Waals surface area contributed by atoms with Gasteiger partial charge in [-0.25, -0.2) is 0 Å². The smallest absolute Gasteiger partial charge is 0.253 e. The van der Waals surface area contributed by atoms with Crippen LogP contribution < -0.4 is 15.1 Å². The van der Waals surface area contributed by atoms with Gasteiger partial charge in [0.1, 0.15) is 12.6 Å². The van der Waals surface area contributed by atoms with Crippen LogP contribution in [-0.4, -0.2) is 85.9 Å². The van der Waals surface area contributed by atoms with Crippen LogP contribution in [0.2, 0.25) is 0 Å². The highest BCUT2D eigenvalue weighted by molar-refractivity contribution is 6.09. The fraction of sp³-hybridized carbons (Fsp3) is 0.679. The number of anilines is 2. The van der Waals surface area contributed by atoms with Crippen LogP contribution in [0.15, 0.2) is 18.2 Å². The lowest BCUT2D eigenvalue weighted by molar-refractivity contribution is -0.125. The number of benzene rings is 1. The van der Waals surface area contributed by atoms with Crippen LogP contribution in [0.4, 0.5) is 11.4 Å².